The van der Waals surface area contributed by atoms with Gasteiger partial charge in [0.15, 0.2) is 0 Å². The smallest absolute Gasteiger partial charge is 0.133 e. The zero-order valence-corrected chi connectivity index (χ0v) is 13.4. The second kappa shape index (κ2) is 6.53. The molecule has 1 heterocycles. The van der Waals surface area contributed by atoms with E-state index in [4.69, 9.17) is 0 Å². The standard InChI is InChI=1S/C21H15N3O/c25-21-18(19-13-14-22-24-23-19)12-11-17(15-7-3-1-4-8-15)20(21)16-9-5-2-6-10-16/h1-14,25H. The summed E-state index contributed by atoms with van der Waals surface area (Å²) in [6.07, 6.45) is 1.56. The quantitative estimate of drug-likeness (QED) is 0.599. The predicted octanol–water partition coefficient (Wildman–Crippen LogP) is 4.58. The summed E-state index contributed by atoms with van der Waals surface area (Å²) in [7, 11) is 0. The fraction of sp³-hybridized carbons (Fsp3) is 0. The molecule has 0 saturated heterocycles. The van der Waals surface area contributed by atoms with Crippen molar-refractivity contribution in [1.29, 1.82) is 0 Å². The van der Waals surface area contributed by atoms with Crippen LogP contribution in [0.1, 0.15) is 0 Å². The number of benzene rings is 3. The van der Waals surface area contributed by atoms with E-state index in [0.29, 0.717) is 11.3 Å². The SMILES string of the molecule is Oc1c(-c2ccnnn2)ccc(-c2ccccc2)c1-c1ccccc1. The van der Waals surface area contributed by atoms with Crippen molar-refractivity contribution in [2.45, 2.75) is 0 Å². The lowest BCUT2D eigenvalue weighted by Gasteiger charge is -2.15. The average molecular weight is 325 g/mol. The van der Waals surface area contributed by atoms with E-state index in [1.165, 1.54) is 0 Å². The molecule has 0 amide bonds. The van der Waals surface area contributed by atoms with Gasteiger partial charge in [0.05, 0.1) is 6.20 Å². The van der Waals surface area contributed by atoms with E-state index in [9.17, 15) is 5.11 Å². The van der Waals surface area contributed by atoms with Crippen LogP contribution in [0.2, 0.25) is 0 Å². The van der Waals surface area contributed by atoms with Crippen LogP contribution in [0.15, 0.2) is 85.1 Å². The molecule has 0 saturated carbocycles. The van der Waals surface area contributed by atoms with Gasteiger partial charge >= 0.3 is 0 Å². The van der Waals surface area contributed by atoms with Crippen LogP contribution in [-0.2, 0) is 0 Å². The third-order valence-corrected chi connectivity index (χ3v) is 4.10. The topological polar surface area (TPSA) is 58.9 Å². The Morgan fingerprint density at radius 3 is 1.92 bits per heavy atom. The predicted molar refractivity (Wildman–Crippen MR) is 97.8 cm³/mol. The molecule has 1 aromatic heterocycles. The molecule has 0 aliphatic rings. The van der Waals surface area contributed by atoms with E-state index < -0.39 is 0 Å². The largest absolute Gasteiger partial charge is 0.507 e. The number of nitrogens with zero attached hydrogens (tertiary/aromatic N) is 3. The number of hydrogen-bond acceptors (Lipinski definition) is 4. The maximum absolute atomic E-state index is 11.0. The molecule has 0 spiro atoms. The molecule has 0 radical (unpaired) electrons. The Labute approximate surface area is 145 Å². The summed E-state index contributed by atoms with van der Waals surface area (Å²) in [4.78, 5) is 0. The van der Waals surface area contributed by atoms with E-state index in [0.717, 1.165) is 22.3 Å². The van der Waals surface area contributed by atoms with Gasteiger partial charge in [-0.15, -0.1) is 10.2 Å². The van der Waals surface area contributed by atoms with Crippen molar-refractivity contribution in [3.8, 4) is 39.3 Å². The highest BCUT2D eigenvalue weighted by molar-refractivity contribution is 5.92. The van der Waals surface area contributed by atoms with Gasteiger partial charge in [0.1, 0.15) is 11.4 Å². The van der Waals surface area contributed by atoms with Gasteiger partial charge in [0.2, 0.25) is 0 Å². The summed E-state index contributed by atoms with van der Waals surface area (Å²) in [5.41, 5.74) is 4.96. The van der Waals surface area contributed by atoms with E-state index >= 15 is 0 Å². The molecule has 0 aliphatic carbocycles. The fourth-order valence-electron chi connectivity index (χ4n) is 2.94. The molecule has 4 nitrogen and oxygen atoms in total. The second-order valence-electron chi connectivity index (χ2n) is 5.62. The van der Waals surface area contributed by atoms with Crippen molar-refractivity contribution >= 4 is 0 Å². The van der Waals surface area contributed by atoms with Crippen LogP contribution in [0.3, 0.4) is 0 Å². The molecule has 25 heavy (non-hydrogen) atoms. The molecule has 4 rings (SSSR count). The van der Waals surface area contributed by atoms with Gasteiger partial charge in [-0.25, -0.2) is 0 Å². The Kier molecular flexibility index (Phi) is 3.92. The maximum atomic E-state index is 11.0. The number of phenols is 1. The first-order valence-electron chi connectivity index (χ1n) is 7.96. The Morgan fingerprint density at radius 1 is 0.640 bits per heavy atom. The highest BCUT2D eigenvalue weighted by Gasteiger charge is 2.17. The Balaban J connectivity index is 2.00. The van der Waals surface area contributed by atoms with Crippen LogP contribution in [0, 0.1) is 0 Å². The lowest BCUT2D eigenvalue weighted by atomic mass is 9.91. The molecule has 4 heteroatoms. The van der Waals surface area contributed by atoms with Gasteiger partial charge < -0.3 is 5.11 Å². The second-order valence-corrected chi connectivity index (χ2v) is 5.62. The minimum Gasteiger partial charge on any atom is -0.507 e. The van der Waals surface area contributed by atoms with Gasteiger partial charge in [-0.2, -0.15) is 0 Å². The molecule has 1 N–H and O–H groups in total. The number of aromatic hydroxyl groups is 1. The van der Waals surface area contributed by atoms with Crippen molar-refractivity contribution < 1.29 is 5.11 Å². The van der Waals surface area contributed by atoms with E-state index in [1.807, 2.05) is 72.8 Å². The molecule has 0 aliphatic heterocycles. The van der Waals surface area contributed by atoms with Crippen molar-refractivity contribution in [2.75, 3.05) is 0 Å². The minimum atomic E-state index is 0.188. The molecule has 0 bridgehead atoms. The van der Waals surface area contributed by atoms with Crippen LogP contribution in [0.4, 0.5) is 0 Å². The first kappa shape index (κ1) is 15.0. The monoisotopic (exact) mass is 325 g/mol. The zero-order chi connectivity index (χ0) is 17.1. The summed E-state index contributed by atoms with van der Waals surface area (Å²) in [6, 6.07) is 25.5. The van der Waals surface area contributed by atoms with Crippen molar-refractivity contribution in [3.05, 3.63) is 85.1 Å². The lowest BCUT2D eigenvalue weighted by Crippen LogP contribution is -1.93. The normalized spacial score (nSPS) is 10.6. The van der Waals surface area contributed by atoms with Crippen LogP contribution in [0.5, 0.6) is 5.75 Å². The molecule has 120 valence electrons. The Hall–Kier alpha value is -3.53. The Bertz CT molecular complexity index is 988. The molecule has 0 unspecified atom stereocenters. The summed E-state index contributed by atoms with van der Waals surface area (Å²) < 4.78 is 0. The molecule has 0 atom stereocenters. The number of aromatic nitrogens is 3. The van der Waals surface area contributed by atoms with Gasteiger partial charge in [-0.1, -0.05) is 66.7 Å². The van der Waals surface area contributed by atoms with Crippen molar-refractivity contribution in [3.63, 3.8) is 0 Å². The highest BCUT2D eigenvalue weighted by Crippen LogP contribution is 2.43. The van der Waals surface area contributed by atoms with Crippen LogP contribution in [-0.4, -0.2) is 20.5 Å². The molecular weight excluding hydrogens is 310 g/mol. The average Bonchev–Trinajstić information content (AvgIpc) is 2.70. The molecule has 3 aromatic carbocycles. The van der Waals surface area contributed by atoms with Crippen LogP contribution < -0.4 is 0 Å². The summed E-state index contributed by atoms with van der Waals surface area (Å²) in [5.74, 6) is 0.188. The zero-order valence-electron chi connectivity index (χ0n) is 13.4. The first-order chi connectivity index (χ1) is 12.3. The maximum Gasteiger partial charge on any atom is 0.133 e. The lowest BCUT2D eigenvalue weighted by molar-refractivity contribution is 0.479. The molecule has 0 fully saturated rings. The summed E-state index contributed by atoms with van der Waals surface area (Å²) >= 11 is 0. The van der Waals surface area contributed by atoms with Gasteiger partial charge in [0.25, 0.3) is 0 Å². The molecular formula is C21H15N3O. The van der Waals surface area contributed by atoms with Crippen LogP contribution in [0.25, 0.3) is 33.5 Å². The van der Waals surface area contributed by atoms with E-state index in [-0.39, 0.29) is 5.75 Å². The van der Waals surface area contributed by atoms with Gasteiger partial charge in [-0.05, 0) is 34.0 Å². The third-order valence-electron chi connectivity index (χ3n) is 4.10. The number of rotatable bonds is 3. The number of hydrogen-bond donors (Lipinski definition) is 1. The van der Waals surface area contributed by atoms with Gasteiger partial charge in [-0.3, -0.25) is 0 Å². The van der Waals surface area contributed by atoms with E-state index in [2.05, 4.69) is 15.4 Å². The highest BCUT2D eigenvalue weighted by atomic mass is 16.3. The fourth-order valence-corrected chi connectivity index (χ4v) is 2.94. The summed E-state index contributed by atoms with van der Waals surface area (Å²) in [5, 5.41) is 22.5. The minimum absolute atomic E-state index is 0.188. The number of phenolic OH excluding ortho intramolecular Hbond substituents is 1. The first-order valence-corrected chi connectivity index (χ1v) is 7.96. The van der Waals surface area contributed by atoms with E-state index in [1.54, 1.807) is 12.3 Å². The van der Waals surface area contributed by atoms with Crippen molar-refractivity contribution in [1.82, 2.24) is 15.4 Å². The van der Waals surface area contributed by atoms with Crippen LogP contribution >= 0.6 is 0 Å². The van der Waals surface area contributed by atoms with Crippen molar-refractivity contribution in [2.24, 2.45) is 0 Å². The third kappa shape index (κ3) is 2.85. The molecule has 4 aromatic rings. The summed E-state index contributed by atoms with van der Waals surface area (Å²) in [6.45, 7) is 0. The Morgan fingerprint density at radius 2 is 1.28 bits per heavy atom. The van der Waals surface area contributed by atoms with Gasteiger partial charge in [0, 0.05) is 11.1 Å².